The Morgan fingerprint density at radius 1 is 1.00 bits per heavy atom. The predicted octanol–water partition coefficient (Wildman–Crippen LogP) is 5.71. The van der Waals surface area contributed by atoms with E-state index < -0.39 is 0 Å². The van der Waals surface area contributed by atoms with E-state index in [0.29, 0.717) is 12.1 Å². The molecule has 2 fully saturated rings. The molecule has 4 heteroatoms. The lowest BCUT2D eigenvalue weighted by Gasteiger charge is -2.49. The molecule has 2 saturated heterocycles. The second-order valence-corrected chi connectivity index (χ2v) is 9.39. The maximum atomic E-state index is 13.1. The van der Waals surface area contributed by atoms with Crippen LogP contribution in [0.3, 0.4) is 0 Å². The van der Waals surface area contributed by atoms with E-state index in [2.05, 4.69) is 61.8 Å². The van der Waals surface area contributed by atoms with Crippen LogP contribution in [0.2, 0.25) is 0 Å². The Kier molecular flexibility index (Phi) is 7.20. The van der Waals surface area contributed by atoms with Crippen molar-refractivity contribution in [2.24, 2.45) is 0 Å². The van der Waals surface area contributed by atoms with E-state index in [9.17, 15) is 4.79 Å². The van der Waals surface area contributed by atoms with Crippen molar-refractivity contribution in [1.29, 1.82) is 0 Å². The second kappa shape index (κ2) is 10.1. The maximum absolute atomic E-state index is 13.1. The summed E-state index contributed by atoms with van der Waals surface area (Å²) in [6, 6.07) is 13.5. The van der Waals surface area contributed by atoms with Gasteiger partial charge in [0.25, 0.3) is 5.91 Å². The maximum Gasteiger partial charge on any atom is 0.253 e. The van der Waals surface area contributed by atoms with Crippen molar-refractivity contribution >= 4 is 5.91 Å². The van der Waals surface area contributed by atoms with Crippen LogP contribution in [-0.2, 0) is 6.42 Å². The average molecular weight is 435 g/mol. The third-order valence-electron chi connectivity index (χ3n) is 7.44. The summed E-state index contributed by atoms with van der Waals surface area (Å²) in [5, 5.41) is 0. The zero-order chi connectivity index (χ0) is 22.7. The number of piperidine rings is 1. The number of amides is 1. The lowest BCUT2D eigenvalue weighted by Crippen LogP contribution is -2.57. The monoisotopic (exact) mass is 434 g/mol. The number of carbonyl (C=O) groups is 1. The number of hydrogen-bond acceptors (Lipinski definition) is 3. The highest BCUT2D eigenvalue weighted by Crippen LogP contribution is 2.39. The van der Waals surface area contributed by atoms with Crippen molar-refractivity contribution in [3.8, 4) is 5.75 Å². The third kappa shape index (κ3) is 4.56. The van der Waals surface area contributed by atoms with Crippen LogP contribution in [0.1, 0.15) is 78.2 Å². The lowest BCUT2D eigenvalue weighted by molar-refractivity contribution is 0.0101. The molecule has 0 saturated carbocycles. The van der Waals surface area contributed by atoms with Crippen molar-refractivity contribution in [3.63, 3.8) is 0 Å². The molecule has 172 valence electrons. The molecule has 0 spiro atoms. The van der Waals surface area contributed by atoms with Gasteiger partial charge < -0.3 is 9.64 Å². The van der Waals surface area contributed by atoms with Crippen LogP contribution < -0.4 is 4.74 Å². The molecular formula is C28H38N2O2. The van der Waals surface area contributed by atoms with E-state index in [1.807, 2.05) is 12.1 Å². The van der Waals surface area contributed by atoms with Gasteiger partial charge in [0.05, 0.1) is 6.61 Å². The summed E-state index contributed by atoms with van der Waals surface area (Å²) < 4.78 is 5.95. The Morgan fingerprint density at radius 3 is 2.50 bits per heavy atom. The zero-order valence-electron chi connectivity index (χ0n) is 20.2. The first-order valence-electron chi connectivity index (χ1n) is 12.4. The summed E-state index contributed by atoms with van der Waals surface area (Å²) in [7, 11) is 0. The molecule has 2 heterocycles. The van der Waals surface area contributed by atoms with Gasteiger partial charge in [-0.3, -0.25) is 9.69 Å². The van der Waals surface area contributed by atoms with Crippen LogP contribution in [0.15, 0.2) is 36.4 Å². The molecule has 0 N–H and O–H groups in total. The summed E-state index contributed by atoms with van der Waals surface area (Å²) in [6.07, 6.45) is 5.60. The second-order valence-electron chi connectivity index (χ2n) is 9.39. The van der Waals surface area contributed by atoms with Gasteiger partial charge in [-0.25, -0.2) is 0 Å². The van der Waals surface area contributed by atoms with Crippen LogP contribution >= 0.6 is 0 Å². The number of hydrogen-bond donors (Lipinski definition) is 0. The summed E-state index contributed by atoms with van der Waals surface area (Å²) in [5.41, 5.74) is 6.16. The molecule has 0 aliphatic carbocycles. The highest BCUT2D eigenvalue weighted by atomic mass is 16.5. The fourth-order valence-corrected chi connectivity index (χ4v) is 5.38. The topological polar surface area (TPSA) is 32.8 Å². The first-order chi connectivity index (χ1) is 15.5. The molecule has 0 aromatic heterocycles. The largest absolute Gasteiger partial charge is 0.493 e. The van der Waals surface area contributed by atoms with E-state index in [-0.39, 0.29) is 5.91 Å². The SMILES string of the molecule is CCCOc1ccc(C2CCCC3CN(C(=O)c4ccc(CC)cc4)CCN32)c(C)c1C. The van der Waals surface area contributed by atoms with Gasteiger partial charge in [0, 0.05) is 37.3 Å². The first-order valence-corrected chi connectivity index (χ1v) is 12.4. The van der Waals surface area contributed by atoms with Crippen LogP contribution in [0.25, 0.3) is 0 Å². The Morgan fingerprint density at radius 2 is 1.78 bits per heavy atom. The minimum Gasteiger partial charge on any atom is -0.493 e. The Bertz CT molecular complexity index is 937. The molecule has 2 aliphatic rings. The Labute approximate surface area is 193 Å². The Balaban J connectivity index is 1.48. The third-order valence-corrected chi connectivity index (χ3v) is 7.44. The molecule has 2 unspecified atom stereocenters. The van der Waals surface area contributed by atoms with E-state index in [1.54, 1.807) is 0 Å². The van der Waals surface area contributed by atoms with Crippen LogP contribution in [0, 0.1) is 13.8 Å². The number of ether oxygens (including phenoxy) is 1. The fraction of sp³-hybridized carbons (Fsp3) is 0.536. The van der Waals surface area contributed by atoms with E-state index in [1.165, 1.54) is 41.5 Å². The van der Waals surface area contributed by atoms with Crippen LogP contribution in [0.4, 0.5) is 0 Å². The first kappa shape index (κ1) is 22.8. The van der Waals surface area contributed by atoms with Gasteiger partial charge >= 0.3 is 0 Å². The highest BCUT2D eigenvalue weighted by molar-refractivity contribution is 5.94. The molecule has 0 radical (unpaired) electrons. The normalized spacial score (nSPS) is 21.3. The van der Waals surface area contributed by atoms with Crippen molar-refractivity contribution in [2.75, 3.05) is 26.2 Å². The van der Waals surface area contributed by atoms with Gasteiger partial charge in [-0.15, -0.1) is 0 Å². The number of rotatable bonds is 6. The summed E-state index contributed by atoms with van der Waals surface area (Å²) in [4.78, 5) is 17.9. The minimum atomic E-state index is 0.180. The standard InChI is InChI=1S/C28H38N2O2/c1-5-18-32-27-15-14-25(20(3)21(27)4)26-9-7-8-24-19-29(16-17-30(24)26)28(31)23-12-10-22(6-2)11-13-23/h10-15,24,26H,5-9,16-19H2,1-4H3. The fourth-order valence-electron chi connectivity index (χ4n) is 5.38. The minimum absolute atomic E-state index is 0.180. The smallest absolute Gasteiger partial charge is 0.253 e. The van der Waals surface area contributed by atoms with Gasteiger partial charge in [-0.05, 0) is 86.4 Å². The molecule has 4 rings (SSSR count). The molecule has 32 heavy (non-hydrogen) atoms. The van der Waals surface area contributed by atoms with E-state index in [0.717, 1.165) is 50.4 Å². The van der Waals surface area contributed by atoms with Crippen molar-refractivity contribution in [3.05, 3.63) is 64.2 Å². The number of aryl methyl sites for hydroxylation is 1. The van der Waals surface area contributed by atoms with Crippen LogP contribution in [-0.4, -0.2) is 48.0 Å². The van der Waals surface area contributed by atoms with Crippen molar-refractivity contribution in [1.82, 2.24) is 9.80 Å². The molecular weight excluding hydrogens is 396 g/mol. The molecule has 0 bridgehead atoms. The van der Waals surface area contributed by atoms with Gasteiger partial charge in [0.1, 0.15) is 5.75 Å². The van der Waals surface area contributed by atoms with E-state index >= 15 is 0 Å². The lowest BCUT2D eigenvalue weighted by atomic mass is 9.86. The number of nitrogens with zero attached hydrogens (tertiary/aromatic N) is 2. The van der Waals surface area contributed by atoms with Crippen molar-refractivity contribution < 1.29 is 9.53 Å². The van der Waals surface area contributed by atoms with Crippen LogP contribution in [0.5, 0.6) is 5.75 Å². The number of piperazine rings is 1. The highest BCUT2D eigenvalue weighted by Gasteiger charge is 2.37. The van der Waals surface area contributed by atoms with E-state index in [4.69, 9.17) is 4.74 Å². The average Bonchev–Trinajstić information content (AvgIpc) is 2.84. The van der Waals surface area contributed by atoms with Crippen molar-refractivity contribution in [2.45, 2.75) is 71.9 Å². The summed E-state index contributed by atoms with van der Waals surface area (Å²) in [6.45, 7) is 12.1. The zero-order valence-corrected chi connectivity index (χ0v) is 20.2. The number of fused-ring (bicyclic) bond motifs is 1. The van der Waals surface area contributed by atoms with Gasteiger partial charge in [-0.2, -0.15) is 0 Å². The molecule has 2 aliphatic heterocycles. The Hall–Kier alpha value is -2.33. The van der Waals surface area contributed by atoms with Gasteiger partial charge in [0.2, 0.25) is 0 Å². The molecule has 2 aromatic carbocycles. The van der Waals surface area contributed by atoms with Gasteiger partial charge in [-0.1, -0.05) is 32.0 Å². The molecule has 2 aromatic rings. The predicted molar refractivity (Wildman–Crippen MR) is 131 cm³/mol. The summed E-state index contributed by atoms with van der Waals surface area (Å²) in [5.74, 6) is 1.20. The molecule has 2 atom stereocenters. The molecule has 4 nitrogen and oxygen atoms in total. The number of benzene rings is 2. The van der Waals surface area contributed by atoms with Gasteiger partial charge in [0.15, 0.2) is 0 Å². The number of carbonyl (C=O) groups excluding carboxylic acids is 1. The summed E-state index contributed by atoms with van der Waals surface area (Å²) >= 11 is 0. The quantitative estimate of drug-likeness (QED) is 0.584. The molecule has 1 amide bonds.